The molecule has 0 bridgehead atoms. The first-order valence-corrected chi connectivity index (χ1v) is 9.66. The molecular weight excluding hydrogens is 380 g/mol. The van der Waals surface area contributed by atoms with Crippen LogP contribution >= 0.6 is 0 Å². The fourth-order valence-corrected chi connectivity index (χ4v) is 3.53. The van der Waals surface area contributed by atoms with Gasteiger partial charge >= 0.3 is 0 Å². The van der Waals surface area contributed by atoms with Crippen LogP contribution in [0.15, 0.2) is 71.3 Å². The molecule has 1 heterocycles. The van der Waals surface area contributed by atoms with E-state index in [-0.39, 0.29) is 24.8 Å². The van der Waals surface area contributed by atoms with Gasteiger partial charge in [0.2, 0.25) is 11.8 Å². The largest absolute Gasteiger partial charge is 0.464 e. The summed E-state index contributed by atoms with van der Waals surface area (Å²) in [6.45, 7) is 0.359. The number of carbonyl (C=O) groups is 2. The van der Waals surface area contributed by atoms with Gasteiger partial charge in [0, 0.05) is 30.3 Å². The minimum absolute atomic E-state index is 0.00565. The molecule has 4 aromatic rings. The Kier molecular flexibility index (Phi) is 5.77. The summed E-state index contributed by atoms with van der Waals surface area (Å²) in [6.07, 6.45) is 1.88. The fourth-order valence-electron chi connectivity index (χ4n) is 3.53. The van der Waals surface area contributed by atoms with E-state index < -0.39 is 0 Å². The Labute approximate surface area is 173 Å². The highest BCUT2D eigenvalue weighted by molar-refractivity contribution is 6.08. The van der Waals surface area contributed by atoms with E-state index in [1.54, 1.807) is 12.3 Å². The van der Waals surface area contributed by atoms with Crippen molar-refractivity contribution in [3.63, 3.8) is 0 Å². The minimum atomic E-state index is -0.224. The van der Waals surface area contributed by atoms with Crippen LogP contribution in [0.2, 0.25) is 0 Å². The van der Waals surface area contributed by atoms with Crippen molar-refractivity contribution < 1.29 is 18.7 Å². The summed E-state index contributed by atoms with van der Waals surface area (Å²) in [4.78, 5) is 24.2. The number of hydrogen-bond acceptors (Lipinski definition) is 4. The van der Waals surface area contributed by atoms with Gasteiger partial charge in [0.25, 0.3) is 0 Å². The summed E-state index contributed by atoms with van der Waals surface area (Å²) >= 11 is 0. The van der Waals surface area contributed by atoms with Gasteiger partial charge < -0.3 is 19.8 Å². The molecule has 0 aliphatic carbocycles. The number of rotatable bonds is 7. The van der Waals surface area contributed by atoms with Crippen molar-refractivity contribution in [3.05, 3.63) is 78.1 Å². The number of hydrogen-bond donors (Lipinski definition) is 2. The van der Waals surface area contributed by atoms with Crippen LogP contribution in [-0.2, 0) is 27.3 Å². The van der Waals surface area contributed by atoms with Gasteiger partial charge in [-0.2, -0.15) is 0 Å². The topological polar surface area (TPSA) is 80.6 Å². The highest BCUT2D eigenvalue weighted by Crippen LogP contribution is 2.30. The lowest BCUT2D eigenvalue weighted by atomic mass is 10.0. The van der Waals surface area contributed by atoms with Gasteiger partial charge in [-0.05, 0) is 34.5 Å². The maximum Gasteiger partial charge on any atom is 0.250 e. The van der Waals surface area contributed by atoms with E-state index in [4.69, 9.17) is 9.15 Å². The molecule has 0 spiro atoms. The lowest BCUT2D eigenvalue weighted by molar-refractivity contribution is -0.121. The first-order valence-electron chi connectivity index (χ1n) is 9.66. The third kappa shape index (κ3) is 4.34. The predicted molar refractivity (Wildman–Crippen MR) is 116 cm³/mol. The molecule has 6 nitrogen and oxygen atoms in total. The molecule has 2 amide bonds. The molecule has 1 aromatic heterocycles. The average Bonchev–Trinajstić information content (AvgIpc) is 3.16. The number of ether oxygens (including phenoxy) is 1. The lowest BCUT2D eigenvalue weighted by Crippen LogP contribution is -2.24. The van der Waals surface area contributed by atoms with Crippen molar-refractivity contribution in [2.24, 2.45) is 0 Å². The molecule has 0 saturated heterocycles. The zero-order chi connectivity index (χ0) is 20.9. The van der Waals surface area contributed by atoms with Crippen LogP contribution in [-0.4, -0.2) is 25.5 Å². The van der Waals surface area contributed by atoms with Gasteiger partial charge in [-0.25, -0.2) is 0 Å². The molecule has 2 N–H and O–H groups in total. The number of nitrogens with one attached hydrogen (secondary N) is 2. The molecular formula is C24H22N2O4. The van der Waals surface area contributed by atoms with E-state index in [1.165, 1.54) is 7.11 Å². The summed E-state index contributed by atoms with van der Waals surface area (Å²) in [5.41, 5.74) is 3.19. The summed E-state index contributed by atoms with van der Waals surface area (Å²) < 4.78 is 10.5. The number of anilines is 1. The minimum Gasteiger partial charge on any atom is -0.464 e. The number of fused-ring (bicyclic) bond motifs is 3. The van der Waals surface area contributed by atoms with E-state index in [0.717, 1.165) is 32.9 Å². The number of amides is 2. The molecule has 3 aromatic carbocycles. The summed E-state index contributed by atoms with van der Waals surface area (Å²) in [5.74, 6) is -0.322. The van der Waals surface area contributed by atoms with Gasteiger partial charge in [-0.1, -0.05) is 42.5 Å². The van der Waals surface area contributed by atoms with Gasteiger partial charge in [-0.15, -0.1) is 0 Å². The predicted octanol–water partition coefficient (Wildman–Crippen LogP) is 4.03. The van der Waals surface area contributed by atoms with Gasteiger partial charge in [0.1, 0.15) is 12.2 Å². The number of methoxy groups -OCH3 is 1. The van der Waals surface area contributed by atoms with E-state index >= 15 is 0 Å². The molecule has 0 atom stereocenters. The Balaban J connectivity index is 1.44. The third-order valence-corrected chi connectivity index (χ3v) is 4.87. The summed E-state index contributed by atoms with van der Waals surface area (Å²) in [7, 11) is 1.47. The second-order valence-electron chi connectivity index (χ2n) is 7.06. The smallest absolute Gasteiger partial charge is 0.250 e. The average molecular weight is 402 g/mol. The number of carbonyl (C=O) groups excluding carboxylic acids is 2. The SMILES string of the molecule is COCC(=O)Nc1cccc(CNC(=O)Cc2coc3ccc4ccccc4c23)c1. The van der Waals surface area contributed by atoms with Gasteiger partial charge in [0.15, 0.2) is 0 Å². The molecule has 4 rings (SSSR count). The molecule has 30 heavy (non-hydrogen) atoms. The first-order chi connectivity index (χ1) is 14.6. The molecule has 6 heteroatoms. The van der Waals surface area contributed by atoms with Crippen molar-refractivity contribution >= 4 is 39.2 Å². The summed E-state index contributed by atoms with van der Waals surface area (Å²) in [5, 5.41) is 8.86. The maximum atomic E-state index is 12.6. The van der Waals surface area contributed by atoms with Crippen molar-refractivity contribution in [2.45, 2.75) is 13.0 Å². The Morgan fingerprint density at radius 1 is 1.00 bits per heavy atom. The van der Waals surface area contributed by atoms with Crippen molar-refractivity contribution in [3.8, 4) is 0 Å². The second-order valence-corrected chi connectivity index (χ2v) is 7.06. The molecule has 0 aliphatic rings. The van der Waals surface area contributed by atoms with E-state index in [0.29, 0.717) is 12.2 Å². The van der Waals surface area contributed by atoms with E-state index in [2.05, 4.69) is 10.6 Å². The van der Waals surface area contributed by atoms with Crippen LogP contribution in [0, 0.1) is 0 Å². The van der Waals surface area contributed by atoms with Crippen LogP contribution < -0.4 is 10.6 Å². The van der Waals surface area contributed by atoms with Crippen molar-refractivity contribution in [2.75, 3.05) is 19.0 Å². The van der Waals surface area contributed by atoms with Crippen LogP contribution in [0.4, 0.5) is 5.69 Å². The molecule has 0 fully saturated rings. The third-order valence-electron chi connectivity index (χ3n) is 4.87. The fraction of sp³-hybridized carbons (Fsp3) is 0.167. The van der Waals surface area contributed by atoms with E-state index in [9.17, 15) is 9.59 Å². The first kappa shape index (κ1) is 19.7. The van der Waals surface area contributed by atoms with Crippen molar-refractivity contribution in [1.29, 1.82) is 0 Å². The van der Waals surface area contributed by atoms with Gasteiger partial charge in [-0.3, -0.25) is 9.59 Å². The second kappa shape index (κ2) is 8.80. The quantitative estimate of drug-likeness (QED) is 0.489. The maximum absolute atomic E-state index is 12.6. The lowest BCUT2D eigenvalue weighted by Gasteiger charge is -2.09. The Bertz CT molecular complexity index is 1210. The number of furan rings is 1. The monoisotopic (exact) mass is 402 g/mol. The van der Waals surface area contributed by atoms with Gasteiger partial charge in [0.05, 0.1) is 12.7 Å². The molecule has 152 valence electrons. The Hall–Kier alpha value is -3.64. The standard InChI is InChI=1S/C24H22N2O4/c1-29-15-23(28)26-19-7-4-5-16(11-19)13-25-22(27)12-18-14-30-21-10-9-17-6-2-3-8-20(17)24(18)21/h2-11,14H,12-13,15H2,1H3,(H,25,27)(H,26,28). The zero-order valence-electron chi connectivity index (χ0n) is 16.6. The molecule has 0 aliphatic heterocycles. The van der Waals surface area contributed by atoms with Crippen LogP contribution in [0.25, 0.3) is 21.7 Å². The van der Waals surface area contributed by atoms with Crippen LogP contribution in [0.5, 0.6) is 0 Å². The van der Waals surface area contributed by atoms with Crippen LogP contribution in [0.1, 0.15) is 11.1 Å². The highest BCUT2D eigenvalue weighted by Gasteiger charge is 2.13. The molecule has 0 radical (unpaired) electrons. The van der Waals surface area contributed by atoms with E-state index in [1.807, 2.05) is 54.6 Å². The normalized spacial score (nSPS) is 11.0. The van der Waals surface area contributed by atoms with Crippen molar-refractivity contribution in [1.82, 2.24) is 5.32 Å². The molecule has 0 unspecified atom stereocenters. The summed E-state index contributed by atoms with van der Waals surface area (Å²) in [6, 6.07) is 19.4. The zero-order valence-corrected chi connectivity index (χ0v) is 16.6. The molecule has 0 saturated carbocycles. The highest BCUT2D eigenvalue weighted by atomic mass is 16.5. The Morgan fingerprint density at radius 2 is 1.87 bits per heavy atom. The number of benzene rings is 3. The Morgan fingerprint density at radius 3 is 2.73 bits per heavy atom. The van der Waals surface area contributed by atoms with Crippen LogP contribution in [0.3, 0.4) is 0 Å².